The molecule has 96 valence electrons. The Morgan fingerprint density at radius 2 is 2.00 bits per heavy atom. The molecule has 0 amide bonds. The number of hydrogen-bond acceptors (Lipinski definition) is 4. The molecule has 0 aliphatic carbocycles. The van der Waals surface area contributed by atoms with Gasteiger partial charge < -0.3 is 10.1 Å². The lowest BCUT2D eigenvalue weighted by Gasteiger charge is -2.25. The molecule has 1 heterocycles. The maximum atomic E-state index is 5.41. The van der Waals surface area contributed by atoms with Crippen molar-refractivity contribution in [3.8, 4) is 5.88 Å². The maximum absolute atomic E-state index is 5.41. The molecule has 0 atom stereocenters. The van der Waals surface area contributed by atoms with E-state index in [1.165, 1.54) is 0 Å². The molecule has 0 spiro atoms. The molecule has 1 rings (SSSR count). The van der Waals surface area contributed by atoms with Crippen molar-refractivity contribution >= 4 is 5.95 Å². The number of rotatable bonds is 6. The van der Waals surface area contributed by atoms with Crippen molar-refractivity contribution in [2.45, 2.75) is 53.0 Å². The van der Waals surface area contributed by atoms with Crippen molar-refractivity contribution in [2.75, 3.05) is 11.9 Å². The molecule has 1 aromatic heterocycles. The van der Waals surface area contributed by atoms with Gasteiger partial charge in [0.1, 0.15) is 0 Å². The molecule has 4 heteroatoms. The van der Waals surface area contributed by atoms with E-state index in [1.54, 1.807) is 0 Å². The zero-order chi connectivity index (χ0) is 12.9. The molecule has 0 aliphatic rings. The number of hydrogen-bond donors (Lipinski definition) is 1. The first-order valence-corrected chi connectivity index (χ1v) is 6.23. The van der Waals surface area contributed by atoms with Crippen LogP contribution in [0.25, 0.3) is 0 Å². The van der Waals surface area contributed by atoms with Crippen LogP contribution < -0.4 is 10.1 Å². The summed E-state index contributed by atoms with van der Waals surface area (Å²) < 4.78 is 5.41. The fourth-order valence-electron chi connectivity index (χ4n) is 1.81. The zero-order valence-corrected chi connectivity index (χ0v) is 11.5. The average Bonchev–Trinajstić information content (AvgIpc) is 2.15. The fourth-order valence-corrected chi connectivity index (χ4v) is 1.81. The third-order valence-corrected chi connectivity index (χ3v) is 2.45. The molecule has 0 aromatic carbocycles. The topological polar surface area (TPSA) is 47.0 Å². The van der Waals surface area contributed by atoms with Crippen LogP contribution in [0.15, 0.2) is 6.07 Å². The summed E-state index contributed by atoms with van der Waals surface area (Å²) in [4.78, 5) is 8.73. The molecule has 0 saturated heterocycles. The molecular formula is C13H23N3O. The molecule has 4 nitrogen and oxygen atoms in total. The summed E-state index contributed by atoms with van der Waals surface area (Å²) >= 11 is 0. The molecule has 0 bridgehead atoms. The van der Waals surface area contributed by atoms with E-state index in [9.17, 15) is 0 Å². The van der Waals surface area contributed by atoms with Crippen molar-refractivity contribution in [1.82, 2.24) is 9.97 Å². The normalized spacial score (nSPS) is 11.4. The smallest absolute Gasteiger partial charge is 0.226 e. The van der Waals surface area contributed by atoms with E-state index < -0.39 is 0 Å². The van der Waals surface area contributed by atoms with Gasteiger partial charge in [-0.05, 0) is 34.1 Å². The lowest BCUT2D eigenvalue weighted by atomic mass is 9.99. The number of aromatic nitrogens is 2. The van der Waals surface area contributed by atoms with Gasteiger partial charge in [0, 0.05) is 17.3 Å². The van der Waals surface area contributed by atoms with Gasteiger partial charge in [-0.25, -0.2) is 4.98 Å². The van der Waals surface area contributed by atoms with E-state index in [0.717, 1.165) is 18.5 Å². The first kappa shape index (κ1) is 13.7. The highest BCUT2D eigenvalue weighted by molar-refractivity contribution is 5.33. The van der Waals surface area contributed by atoms with E-state index in [0.29, 0.717) is 18.4 Å². The van der Waals surface area contributed by atoms with Gasteiger partial charge in [-0.1, -0.05) is 13.3 Å². The van der Waals surface area contributed by atoms with E-state index in [-0.39, 0.29) is 5.54 Å². The quantitative estimate of drug-likeness (QED) is 0.825. The molecule has 1 N–H and O–H groups in total. The molecule has 17 heavy (non-hydrogen) atoms. The Morgan fingerprint density at radius 3 is 2.59 bits per heavy atom. The van der Waals surface area contributed by atoms with Gasteiger partial charge in [-0.3, -0.25) is 0 Å². The Labute approximate surface area is 104 Å². The molecular weight excluding hydrogens is 214 g/mol. The van der Waals surface area contributed by atoms with Gasteiger partial charge in [0.05, 0.1) is 6.61 Å². The average molecular weight is 237 g/mol. The summed E-state index contributed by atoms with van der Waals surface area (Å²) in [6, 6.07) is 1.85. The molecule has 0 saturated carbocycles. The lowest BCUT2D eigenvalue weighted by molar-refractivity contribution is 0.326. The summed E-state index contributed by atoms with van der Waals surface area (Å²) in [7, 11) is 0. The second-order valence-corrected chi connectivity index (χ2v) is 4.86. The van der Waals surface area contributed by atoms with Crippen LogP contribution in [-0.4, -0.2) is 22.1 Å². The molecule has 0 fully saturated rings. The van der Waals surface area contributed by atoms with E-state index in [4.69, 9.17) is 4.74 Å². The number of ether oxygens (including phenoxy) is 1. The summed E-state index contributed by atoms with van der Waals surface area (Å²) in [5.74, 6) is 1.28. The Balaban J connectivity index is 2.83. The van der Waals surface area contributed by atoms with Crippen molar-refractivity contribution in [1.29, 1.82) is 0 Å². The molecule has 0 radical (unpaired) electrons. The van der Waals surface area contributed by atoms with Crippen LogP contribution in [0.4, 0.5) is 5.95 Å². The monoisotopic (exact) mass is 237 g/mol. The number of aryl methyl sites for hydroxylation is 1. The standard InChI is InChI=1S/C13H23N3O/c1-6-8-13(4,5)16-12-14-10(3)9-11(15-12)17-7-2/h9H,6-8H2,1-5H3,(H,14,15,16). The van der Waals surface area contributed by atoms with Crippen LogP contribution in [0, 0.1) is 6.92 Å². The minimum absolute atomic E-state index is 0.00598. The Morgan fingerprint density at radius 1 is 1.29 bits per heavy atom. The van der Waals surface area contributed by atoms with Crippen molar-refractivity contribution < 1.29 is 4.74 Å². The highest BCUT2D eigenvalue weighted by Crippen LogP contribution is 2.19. The third-order valence-electron chi connectivity index (χ3n) is 2.45. The first-order chi connectivity index (χ1) is 7.96. The van der Waals surface area contributed by atoms with Crippen LogP contribution >= 0.6 is 0 Å². The van der Waals surface area contributed by atoms with Crippen LogP contribution in [0.3, 0.4) is 0 Å². The van der Waals surface area contributed by atoms with Crippen LogP contribution in [0.5, 0.6) is 5.88 Å². The Kier molecular flexibility index (Phi) is 4.73. The Bertz CT molecular complexity index is 364. The molecule has 0 aliphatic heterocycles. The predicted molar refractivity (Wildman–Crippen MR) is 70.5 cm³/mol. The van der Waals surface area contributed by atoms with E-state index in [2.05, 4.69) is 36.1 Å². The SMILES string of the molecule is CCCC(C)(C)Nc1nc(C)cc(OCC)n1. The van der Waals surface area contributed by atoms with Crippen molar-refractivity contribution in [3.05, 3.63) is 11.8 Å². The number of anilines is 1. The number of nitrogens with zero attached hydrogens (tertiary/aromatic N) is 2. The highest BCUT2D eigenvalue weighted by atomic mass is 16.5. The van der Waals surface area contributed by atoms with Crippen LogP contribution in [0.2, 0.25) is 0 Å². The van der Waals surface area contributed by atoms with Gasteiger partial charge in [0.15, 0.2) is 0 Å². The fraction of sp³-hybridized carbons (Fsp3) is 0.692. The summed E-state index contributed by atoms with van der Waals surface area (Å²) in [5, 5.41) is 3.36. The van der Waals surface area contributed by atoms with E-state index >= 15 is 0 Å². The van der Waals surface area contributed by atoms with Crippen LogP contribution in [-0.2, 0) is 0 Å². The van der Waals surface area contributed by atoms with Gasteiger partial charge in [-0.15, -0.1) is 0 Å². The largest absolute Gasteiger partial charge is 0.478 e. The van der Waals surface area contributed by atoms with Crippen molar-refractivity contribution in [2.24, 2.45) is 0 Å². The Hall–Kier alpha value is -1.32. The third kappa shape index (κ3) is 4.59. The maximum Gasteiger partial charge on any atom is 0.226 e. The van der Waals surface area contributed by atoms with E-state index in [1.807, 2.05) is 19.9 Å². The highest BCUT2D eigenvalue weighted by Gasteiger charge is 2.17. The van der Waals surface area contributed by atoms with Gasteiger partial charge in [0.25, 0.3) is 0 Å². The molecule has 1 aromatic rings. The second kappa shape index (κ2) is 5.84. The second-order valence-electron chi connectivity index (χ2n) is 4.86. The number of nitrogens with one attached hydrogen (secondary N) is 1. The lowest BCUT2D eigenvalue weighted by Crippen LogP contribution is -2.31. The minimum Gasteiger partial charge on any atom is -0.478 e. The molecule has 0 unspecified atom stereocenters. The van der Waals surface area contributed by atoms with Gasteiger partial charge >= 0.3 is 0 Å². The summed E-state index contributed by atoms with van der Waals surface area (Å²) in [6.45, 7) is 11.0. The first-order valence-electron chi connectivity index (χ1n) is 6.23. The zero-order valence-electron chi connectivity index (χ0n) is 11.5. The van der Waals surface area contributed by atoms with Gasteiger partial charge in [-0.2, -0.15) is 4.98 Å². The predicted octanol–water partition coefficient (Wildman–Crippen LogP) is 3.17. The summed E-state index contributed by atoms with van der Waals surface area (Å²) in [5.41, 5.74) is 0.921. The van der Waals surface area contributed by atoms with Gasteiger partial charge in [0.2, 0.25) is 11.8 Å². The minimum atomic E-state index is 0.00598. The van der Waals surface area contributed by atoms with Crippen molar-refractivity contribution in [3.63, 3.8) is 0 Å². The summed E-state index contributed by atoms with van der Waals surface area (Å²) in [6.07, 6.45) is 2.21. The van der Waals surface area contributed by atoms with Crippen LogP contribution in [0.1, 0.15) is 46.2 Å².